The van der Waals surface area contributed by atoms with Gasteiger partial charge in [0, 0.05) is 23.3 Å². The van der Waals surface area contributed by atoms with E-state index in [2.05, 4.69) is 10.2 Å². The average Bonchev–Trinajstić information content (AvgIpc) is 2.56. The third-order valence-electron chi connectivity index (χ3n) is 1.44. The van der Waals surface area contributed by atoms with Crippen molar-refractivity contribution in [1.82, 2.24) is 10.2 Å². The Bertz CT molecular complexity index is 236. The molecule has 0 amide bonds. The monoisotopic (exact) mass is 231 g/mol. The SMILES string of the molecule is CCCCOC(=O)c1cc[nH]n1.[Cu]. The molecule has 1 aromatic rings. The van der Waals surface area contributed by atoms with Crippen LogP contribution in [0.3, 0.4) is 0 Å². The Labute approximate surface area is 87.5 Å². The van der Waals surface area contributed by atoms with E-state index >= 15 is 0 Å². The second-order valence-electron chi connectivity index (χ2n) is 2.45. The Hall–Kier alpha value is -0.801. The van der Waals surface area contributed by atoms with Gasteiger partial charge >= 0.3 is 5.97 Å². The molecule has 4 nitrogen and oxygen atoms in total. The van der Waals surface area contributed by atoms with Crippen LogP contribution < -0.4 is 0 Å². The van der Waals surface area contributed by atoms with E-state index in [1.54, 1.807) is 12.3 Å². The van der Waals surface area contributed by atoms with Crippen molar-refractivity contribution in [2.24, 2.45) is 0 Å². The van der Waals surface area contributed by atoms with Crippen LogP contribution in [0.15, 0.2) is 12.3 Å². The number of rotatable bonds is 4. The van der Waals surface area contributed by atoms with Crippen molar-refractivity contribution in [1.29, 1.82) is 0 Å². The van der Waals surface area contributed by atoms with Crippen LogP contribution in [0.5, 0.6) is 0 Å². The zero-order chi connectivity index (χ0) is 8.81. The topological polar surface area (TPSA) is 55.0 Å². The number of hydrogen-bond donors (Lipinski definition) is 1. The second kappa shape index (κ2) is 6.69. The van der Waals surface area contributed by atoms with Gasteiger partial charge in [-0.1, -0.05) is 13.3 Å². The standard InChI is InChI=1S/C8H12N2O2.Cu/c1-2-3-6-12-8(11)7-4-5-9-10-7;/h4-5H,2-3,6H2,1H3,(H,9,10);. The van der Waals surface area contributed by atoms with E-state index in [9.17, 15) is 4.79 Å². The van der Waals surface area contributed by atoms with Crippen LogP contribution in [-0.2, 0) is 21.8 Å². The van der Waals surface area contributed by atoms with E-state index in [0.717, 1.165) is 12.8 Å². The molecule has 0 bridgehead atoms. The first kappa shape index (κ1) is 12.2. The molecule has 1 heterocycles. The van der Waals surface area contributed by atoms with Gasteiger partial charge < -0.3 is 4.74 Å². The number of nitrogens with one attached hydrogen (secondary N) is 1. The Morgan fingerprint density at radius 3 is 3.00 bits per heavy atom. The van der Waals surface area contributed by atoms with Crippen molar-refractivity contribution in [3.63, 3.8) is 0 Å². The van der Waals surface area contributed by atoms with Gasteiger partial charge in [0.25, 0.3) is 0 Å². The quantitative estimate of drug-likeness (QED) is 0.484. The van der Waals surface area contributed by atoms with Crippen LogP contribution in [0, 0.1) is 0 Å². The van der Waals surface area contributed by atoms with Crippen molar-refractivity contribution < 1.29 is 26.6 Å². The first-order chi connectivity index (χ1) is 5.84. The second-order valence-corrected chi connectivity index (χ2v) is 2.45. The molecule has 0 fully saturated rings. The van der Waals surface area contributed by atoms with Crippen molar-refractivity contribution >= 4 is 5.97 Å². The van der Waals surface area contributed by atoms with Crippen molar-refractivity contribution in [3.8, 4) is 0 Å². The summed E-state index contributed by atoms with van der Waals surface area (Å²) in [7, 11) is 0. The fourth-order valence-corrected chi connectivity index (χ4v) is 0.757. The first-order valence-electron chi connectivity index (χ1n) is 4.01. The molecule has 0 spiro atoms. The van der Waals surface area contributed by atoms with Crippen molar-refractivity contribution in [2.45, 2.75) is 19.8 Å². The number of ether oxygens (including phenoxy) is 1. The number of aromatic nitrogens is 2. The third kappa shape index (κ3) is 4.10. The van der Waals surface area contributed by atoms with Crippen LogP contribution in [0.4, 0.5) is 0 Å². The van der Waals surface area contributed by atoms with Gasteiger partial charge in [-0.05, 0) is 12.5 Å². The summed E-state index contributed by atoms with van der Waals surface area (Å²) in [4.78, 5) is 11.1. The van der Waals surface area contributed by atoms with Crippen LogP contribution >= 0.6 is 0 Å². The summed E-state index contributed by atoms with van der Waals surface area (Å²) in [5.74, 6) is -0.357. The molecular formula is C8H12CuN2O2. The number of unbranched alkanes of at least 4 members (excludes halogenated alkanes) is 1. The molecule has 13 heavy (non-hydrogen) atoms. The number of aromatic amines is 1. The Morgan fingerprint density at radius 2 is 2.46 bits per heavy atom. The van der Waals surface area contributed by atoms with Crippen molar-refractivity contribution in [2.75, 3.05) is 6.61 Å². The molecule has 0 aliphatic heterocycles. The number of nitrogens with zero attached hydrogens (tertiary/aromatic N) is 1. The van der Waals surface area contributed by atoms with Gasteiger partial charge in [-0.3, -0.25) is 5.10 Å². The fourth-order valence-electron chi connectivity index (χ4n) is 0.757. The minimum Gasteiger partial charge on any atom is -0.461 e. The van der Waals surface area contributed by atoms with Gasteiger partial charge in [0.15, 0.2) is 5.69 Å². The maximum Gasteiger partial charge on any atom is 0.358 e. The Kier molecular flexibility index (Phi) is 6.28. The normalized spacial score (nSPS) is 9.00. The van der Waals surface area contributed by atoms with E-state index in [4.69, 9.17) is 4.74 Å². The van der Waals surface area contributed by atoms with Crippen LogP contribution in [0.25, 0.3) is 0 Å². The molecule has 0 unspecified atom stereocenters. The van der Waals surface area contributed by atoms with Gasteiger partial charge in [-0.25, -0.2) is 4.79 Å². The maximum atomic E-state index is 11.1. The van der Waals surface area contributed by atoms with Crippen LogP contribution in [0.2, 0.25) is 0 Å². The van der Waals surface area contributed by atoms with Gasteiger partial charge in [-0.2, -0.15) is 5.10 Å². The Balaban J connectivity index is 0.00000144. The number of hydrogen-bond acceptors (Lipinski definition) is 3. The molecule has 0 aliphatic carbocycles. The summed E-state index contributed by atoms with van der Waals surface area (Å²) in [5.41, 5.74) is 0.339. The smallest absolute Gasteiger partial charge is 0.358 e. The first-order valence-corrected chi connectivity index (χ1v) is 4.01. The zero-order valence-corrected chi connectivity index (χ0v) is 8.28. The Morgan fingerprint density at radius 1 is 1.69 bits per heavy atom. The summed E-state index contributed by atoms with van der Waals surface area (Å²) in [6.45, 7) is 2.52. The molecule has 0 aliphatic rings. The zero-order valence-electron chi connectivity index (χ0n) is 7.34. The van der Waals surface area contributed by atoms with E-state index in [1.165, 1.54) is 0 Å². The van der Waals surface area contributed by atoms with Crippen LogP contribution in [-0.4, -0.2) is 22.8 Å². The predicted octanol–water partition coefficient (Wildman–Crippen LogP) is 1.36. The molecule has 1 rings (SSSR count). The molecule has 5 heteroatoms. The fraction of sp³-hybridized carbons (Fsp3) is 0.500. The maximum absolute atomic E-state index is 11.1. The summed E-state index contributed by atoms with van der Waals surface area (Å²) in [6, 6.07) is 1.59. The average molecular weight is 232 g/mol. The molecule has 0 saturated carbocycles. The van der Waals surface area contributed by atoms with Gasteiger partial charge in [0.05, 0.1) is 6.61 Å². The van der Waals surface area contributed by atoms with E-state index in [0.29, 0.717) is 12.3 Å². The minimum atomic E-state index is -0.357. The van der Waals surface area contributed by atoms with E-state index in [1.807, 2.05) is 6.92 Å². The van der Waals surface area contributed by atoms with Gasteiger partial charge in [0.1, 0.15) is 0 Å². The van der Waals surface area contributed by atoms with E-state index in [-0.39, 0.29) is 23.0 Å². The van der Waals surface area contributed by atoms with Crippen molar-refractivity contribution in [3.05, 3.63) is 18.0 Å². The molecule has 1 radical (unpaired) electrons. The predicted molar refractivity (Wildman–Crippen MR) is 43.8 cm³/mol. The molecule has 0 atom stereocenters. The van der Waals surface area contributed by atoms with Gasteiger partial charge in [0.2, 0.25) is 0 Å². The number of carbonyl (C=O) groups excluding carboxylic acids is 1. The molecular weight excluding hydrogens is 220 g/mol. The number of H-pyrrole nitrogens is 1. The molecule has 1 N–H and O–H groups in total. The van der Waals surface area contributed by atoms with Gasteiger partial charge in [-0.15, -0.1) is 0 Å². The molecule has 0 saturated heterocycles. The molecule has 1 aromatic heterocycles. The summed E-state index contributed by atoms with van der Waals surface area (Å²) in [5, 5.41) is 6.25. The minimum absolute atomic E-state index is 0. The third-order valence-corrected chi connectivity index (χ3v) is 1.44. The number of carbonyl (C=O) groups is 1. The molecule has 0 aromatic carbocycles. The number of esters is 1. The summed E-state index contributed by atoms with van der Waals surface area (Å²) < 4.78 is 4.91. The van der Waals surface area contributed by atoms with Crippen LogP contribution in [0.1, 0.15) is 30.3 Å². The van der Waals surface area contributed by atoms with E-state index < -0.39 is 0 Å². The summed E-state index contributed by atoms with van der Waals surface area (Å²) in [6.07, 6.45) is 3.51. The molecule has 77 valence electrons. The largest absolute Gasteiger partial charge is 0.461 e. The summed E-state index contributed by atoms with van der Waals surface area (Å²) >= 11 is 0.